The molecule has 5 nitrogen and oxygen atoms in total. The number of aryl methyl sites for hydroxylation is 3. The van der Waals surface area contributed by atoms with Crippen LogP contribution in [0, 0.1) is 13.8 Å². The van der Waals surface area contributed by atoms with Gasteiger partial charge in [-0.3, -0.25) is 14.4 Å². The van der Waals surface area contributed by atoms with Gasteiger partial charge in [-0.2, -0.15) is 0 Å². The molecule has 2 aromatic carbocycles. The summed E-state index contributed by atoms with van der Waals surface area (Å²) < 4.78 is 0. The number of amides is 2. The number of para-hydroxylation sites is 1. The van der Waals surface area contributed by atoms with E-state index in [9.17, 15) is 9.59 Å². The molecule has 0 saturated heterocycles. The Balaban J connectivity index is 1.64. The van der Waals surface area contributed by atoms with Crippen LogP contribution in [0.15, 0.2) is 48.5 Å². The van der Waals surface area contributed by atoms with Gasteiger partial charge in [0.05, 0.1) is 0 Å². The smallest absolute Gasteiger partial charge is 0.253 e. The summed E-state index contributed by atoms with van der Waals surface area (Å²) >= 11 is 0. The highest BCUT2D eigenvalue weighted by molar-refractivity contribution is 5.93. The van der Waals surface area contributed by atoms with E-state index >= 15 is 0 Å². The highest BCUT2D eigenvalue weighted by Crippen LogP contribution is 2.19. The van der Waals surface area contributed by atoms with Crippen molar-refractivity contribution < 1.29 is 14.4 Å². The molecular weight excluding hydrogens is 316 g/mol. The predicted octanol–water partition coefficient (Wildman–Crippen LogP) is 3.31. The molecule has 0 bridgehead atoms. The van der Waals surface area contributed by atoms with Crippen molar-refractivity contribution in [3.8, 4) is 0 Å². The molecule has 0 radical (unpaired) electrons. The fourth-order valence-corrected chi connectivity index (χ4v) is 2.52. The van der Waals surface area contributed by atoms with Crippen molar-refractivity contribution in [2.45, 2.75) is 33.1 Å². The van der Waals surface area contributed by atoms with E-state index in [0.29, 0.717) is 6.42 Å². The molecule has 0 atom stereocenters. The summed E-state index contributed by atoms with van der Waals surface area (Å²) in [6.45, 7) is 3.63. The van der Waals surface area contributed by atoms with Gasteiger partial charge in [0.15, 0.2) is 6.61 Å². The zero-order valence-electron chi connectivity index (χ0n) is 14.7. The number of hydroxylamine groups is 1. The predicted molar refractivity (Wildman–Crippen MR) is 98.0 cm³/mol. The van der Waals surface area contributed by atoms with Gasteiger partial charge in [0, 0.05) is 12.1 Å². The zero-order valence-corrected chi connectivity index (χ0v) is 14.7. The van der Waals surface area contributed by atoms with E-state index in [-0.39, 0.29) is 18.4 Å². The van der Waals surface area contributed by atoms with Gasteiger partial charge in [-0.25, -0.2) is 5.48 Å². The van der Waals surface area contributed by atoms with E-state index in [0.717, 1.165) is 29.7 Å². The Kier molecular flexibility index (Phi) is 7.16. The molecule has 2 amide bonds. The number of anilines is 1. The van der Waals surface area contributed by atoms with Crippen LogP contribution in [0.5, 0.6) is 0 Å². The Labute approximate surface area is 148 Å². The molecule has 0 aromatic heterocycles. The maximum Gasteiger partial charge on any atom is 0.253 e. The van der Waals surface area contributed by atoms with Crippen LogP contribution < -0.4 is 10.8 Å². The van der Waals surface area contributed by atoms with Crippen LogP contribution in [-0.4, -0.2) is 18.4 Å². The summed E-state index contributed by atoms with van der Waals surface area (Å²) in [5, 5.41) is 2.80. The summed E-state index contributed by atoms with van der Waals surface area (Å²) in [6, 6.07) is 15.8. The van der Waals surface area contributed by atoms with Crippen LogP contribution in [0.1, 0.15) is 29.5 Å². The molecule has 0 fully saturated rings. The van der Waals surface area contributed by atoms with Gasteiger partial charge in [-0.05, 0) is 43.4 Å². The van der Waals surface area contributed by atoms with Gasteiger partial charge in [0.25, 0.3) is 5.91 Å². The Morgan fingerprint density at radius 2 is 1.60 bits per heavy atom. The number of benzene rings is 2. The van der Waals surface area contributed by atoms with Crippen LogP contribution >= 0.6 is 0 Å². The molecule has 132 valence electrons. The number of rotatable bonds is 8. The van der Waals surface area contributed by atoms with Gasteiger partial charge in [0.2, 0.25) is 5.91 Å². The molecule has 0 aliphatic rings. The summed E-state index contributed by atoms with van der Waals surface area (Å²) in [5.74, 6) is -0.530. The van der Waals surface area contributed by atoms with Gasteiger partial charge in [-0.1, -0.05) is 48.5 Å². The van der Waals surface area contributed by atoms with Gasteiger partial charge in [-0.15, -0.1) is 0 Å². The maximum atomic E-state index is 11.9. The van der Waals surface area contributed by atoms with E-state index in [4.69, 9.17) is 4.84 Å². The largest absolute Gasteiger partial charge is 0.324 e. The molecule has 2 aromatic rings. The second-order valence-corrected chi connectivity index (χ2v) is 5.97. The van der Waals surface area contributed by atoms with Crippen molar-refractivity contribution in [2.75, 3.05) is 11.9 Å². The summed E-state index contributed by atoms with van der Waals surface area (Å²) in [7, 11) is 0. The standard InChI is InChI=1S/C20H24N2O3/c1-15-8-6-9-16(2)20(15)21-19(24)14-25-22-18(23)13-7-12-17-10-4-3-5-11-17/h3-6,8-11H,7,12-14H2,1-2H3,(H,21,24)(H,22,23). The van der Waals surface area contributed by atoms with E-state index in [1.54, 1.807) is 0 Å². The molecule has 2 N–H and O–H groups in total. The summed E-state index contributed by atoms with van der Waals surface area (Å²) in [5.41, 5.74) is 6.27. The van der Waals surface area contributed by atoms with Crippen molar-refractivity contribution in [3.63, 3.8) is 0 Å². The summed E-state index contributed by atoms with van der Waals surface area (Å²) in [4.78, 5) is 28.6. The van der Waals surface area contributed by atoms with Gasteiger partial charge < -0.3 is 5.32 Å². The molecule has 0 saturated carbocycles. The minimum absolute atomic E-state index is 0.224. The van der Waals surface area contributed by atoms with Gasteiger partial charge in [0.1, 0.15) is 0 Å². The number of carbonyl (C=O) groups is 2. The van der Waals surface area contributed by atoms with Crippen LogP contribution in [0.3, 0.4) is 0 Å². The maximum absolute atomic E-state index is 11.9. The first-order chi connectivity index (χ1) is 12.1. The molecule has 0 heterocycles. The van der Waals surface area contributed by atoms with E-state index < -0.39 is 0 Å². The third kappa shape index (κ3) is 6.39. The first-order valence-electron chi connectivity index (χ1n) is 8.37. The number of carbonyl (C=O) groups excluding carboxylic acids is 2. The average molecular weight is 340 g/mol. The Morgan fingerprint density at radius 1 is 0.920 bits per heavy atom. The first-order valence-corrected chi connectivity index (χ1v) is 8.37. The molecular formula is C20H24N2O3. The van der Waals surface area contributed by atoms with E-state index in [1.807, 2.05) is 62.4 Å². The average Bonchev–Trinajstić information content (AvgIpc) is 2.59. The molecule has 2 rings (SSSR count). The number of nitrogens with one attached hydrogen (secondary N) is 2. The number of hydrogen-bond acceptors (Lipinski definition) is 3. The Bertz CT molecular complexity index is 694. The minimum Gasteiger partial charge on any atom is -0.324 e. The normalized spacial score (nSPS) is 10.3. The second kappa shape index (κ2) is 9.59. The molecule has 0 unspecified atom stereocenters. The fourth-order valence-electron chi connectivity index (χ4n) is 2.52. The lowest BCUT2D eigenvalue weighted by Gasteiger charge is -2.11. The molecule has 25 heavy (non-hydrogen) atoms. The lowest BCUT2D eigenvalue weighted by molar-refractivity contribution is -0.137. The van der Waals surface area contributed by atoms with E-state index in [2.05, 4.69) is 10.8 Å². The molecule has 5 heteroatoms. The van der Waals surface area contributed by atoms with Crippen LogP contribution in [0.25, 0.3) is 0 Å². The molecule has 0 aliphatic carbocycles. The zero-order chi connectivity index (χ0) is 18.1. The van der Waals surface area contributed by atoms with Crippen LogP contribution in [0.4, 0.5) is 5.69 Å². The van der Waals surface area contributed by atoms with Crippen LogP contribution in [0.2, 0.25) is 0 Å². The lowest BCUT2D eigenvalue weighted by atomic mass is 10.1. The quantitative estimate of drug-likeness (QED) is 0.725. The van der Waals surface area contributed by atoms with E-state index in [1.165, 1.54) is 5.56 Å². The van der Waals surface area contributed by atoms with Crippen molar-refractivity contribution in [1.82, 2.24) is 5.48 Å². The lowest BCUT2D eigenvalue weighted by Crippen LogP contribution is -2.29. The SMILES string of the molecule is Cc1cccc(C)c1NC(=O)CONC(=O)CCCc1ccccc1. The van der Waals surface area contributed by atoms with Crippen LogP contribution in [-0.2, 0) is 20.8 Å². The first kappa shape index (κ1) is 18.7. The summed E-state index contributed by atoms with van der Waals surface area (Å²) in [6.07, 6.45) is 1.92. The monoisotopic (exact) mass is 340 g/mol. The van der Waals surface area contributed by atoms with Gasteiger partial charge >= 0.3 is 0 Å². The van der Waals surface area contributed by atoms with Crippen molar-refractivity contribution >= 4 is 17.5 Å². The molecule has 0 spiro atoms. The third-order valence-corrected chi connectivity index (χ3v) is 3.85. The topological polar surface area (TPSA) is 67.4 Å². The highest BCUT2D eigenvalue weighted by Gasteiger charge is 2.08. The Hall–Kier alpha value is -2.66. The van der Waals surface area contributed by atoms with Crippen molar-refractivity contribution in [1.29, 1.82) is 0 Å². The molecule has 0 aliphatic heterocycles. The van der Waals surface area contributed by atoms with Crippen molar-refractivity contribution in [3.05, 3.63) is 65.2 Å². The highest BCUT2D eigenvalue weighted by atomic mass is 16.7. The number of hydrogen-bond donors (Lipinski definition) is 2. The minimum atomic E-state index is -0.304. The second-order valence-electron chi connectivity index (χ2n) is 5.97. The third-order valence-electron chi connectivity index (χ3n) is 3.85. The van der Waals surface area contributed by atoms with Crippen molar-refractivity contribution in [2.24, 2.45) is 0 Å². The Morgan fingerprint density at radius 3 is 2.28 bits per heavy atom. The fraction of sp³-hybridized carbons (Fsp3) is 0.300.